The van der Waals surface area contributed by atoms with Crippen molar-refractivity contribution in [2.45, 2.75) is 30.9 Å². The molecule has 0 N–H and O–H groups in total. The Balaban J connectivity index is 1.37. The number of oxazole rings is 1. The Hall–Kier alpha value is -2.00. The number of fused-ring (bicyclic) bond motifs is 1. The molecule has 0 unspecified atom stereocenters. The standard InChI is InChI=1S/C20H21NOS/c1-2-16-10-8-11-17(15-16)9-4-3-7-14-23-20-21-18-12-5-6-13-19(18)22-20/h2,5-6,8,10-13,15H,1,3-4,7,9,14H2. The van der Waals surface area contributed by atoms with Crippen LogP contribution in [-0.4, -0.2) is 10.7 Å². The smallest absolute Gasteiger partial charge is 0.256 e. The van der Waals surface area contributed by atoms with Crippen LogP contribution in [0.2, 0.25) is 0 Å². The molecule has 0 saturated carbocycles. The maximum absolute atomic E-state index is 5.71. The molecule has 0 saturated heterocycles. The van der Waals surface area contributed by atoms with Gasteiger partial charge >= 0.3 is 0 Å². The van der Waals surface area contributed by atoms with E-state index in [0.717, 1.165) is 28.5 Å². The maximum Gasteiger partial charge on any atom is 0.256 e. The zero-order chi connectivity index (χ0) is 15.9. The molecule has 0 spiro atoms. The van der Waals surface area contributed by atoms with E-state index in [2.05, 4.69) is 35.8 Å². The third kappa shape index (κ3) is 4.49. The highest BCUT2D eigenvalue weighted by Crippen LogP contribution is 2.24. The highest BCUT2D eigenvalue weighted by Gasteiger charge is 2.04. The monoisotopic (exact) mass is 323 g/mol. The minimum atomic E-state index is 0.782. The summed E-state index contributed by atoms with van der Waals surface area (Å²) < 4.78 is 5.71. The molecule has 118 valence electrons. The molecule has 0 aliphatic rings. The molecule has 2 nitrogen and oxygen atoms in total. The molecule has 23 heavy (non-hydrogen) atoms. The van der Waals surface area contributed by atoms with Crippen LogP contribution in [-0.2, 0) is 6.42 Å². The lowest BCUT2D eigenvalue weighted by Gasteiger charge is -2.03. The minimum absolute atomic E-state index is 0.782. The zero-order valence-corrected chi connectivity index (χ0v) is 14.0. The fourth-order valence-electron chi connectivity index (χ4n) is 2.56. The van der Waals surface area contributed by atoms with Crippen molar-refractivity contribution in [3.8, 4) is 0 Å². The minimum Gasteiger partial charge on any atom is -0.431 e. The Kier molecular flexibility index (Phi) is 5.54. The summed E-state index contributed by atoms with van der Waals surface area (Å²) in [6, 6.07) is 16.5. The number of thioether (sulfide) groups is 1. The van der Waals surface area contributed by atoms with Gasteiger partial charge < -0.3 is 4.42 Å². The molecule has 1 aromatic heterocycles. The van der Waals surface area contributed by atoms with E-state index in [1.54, 1.807) is 11.8 Å². The van der Waals surface area contributed by atoms with E-state index < -0.39 is 0 Å². The molecule has 0 fully saturated rings. The quantitative estimate of drug-likeness (QED) is 0.377. The molecule has 0 bridgehead atoms. The van der Waals surface area contributed by atoms with Gasteiger partial charge in [0.1, 0.15) is 5.52 Å². The van der Waals surface area contributed by atoms with Crippen molar-refractivity contribution >= 4 is 28.9 Å². The predicted octanol–water partition coefficient (Wildman–Crippen LogP) is 5.98. The molecule has 3 aromatic rings. The van der Waals surface area contributed by atoms with E-state index in [1.807, 2.05) is 30.3 Å². The number of para-hydroxylation sites is 2. The van der Waals surface area contributed by atoms with Gasteiger partial charge in [-0.1, -0.05) is 67.2 Å². The number of aryl methyl sites for hydroxylation is 1. The van der Waals surface area contributed by atoms with Gasteiger partial charge in [0.25, 0.3) is 5.22 Å². The Morgan fingerprint density at radius 1 is 1.04 bits per heavy atom. The van der Waals surface area contributed by atoms with Gasteiger partial charge in [-0.25, -0.2) is 4.98 Å². The first-order valence-corrected chi connectivity index (χ1v) is 9.03. The highest BCUT2D eigenvalue weighted by atomic mass is 32.2. The summed E-state index contributed by atoms with van der Waals surface area (Å²) in [7, 11) is 0. The summed E-state index contributed by atoms with van der Waals surface area (Å²) in [4.78, 5) is 4.48. The number of unbranched alkanes of at least 4 members (excludes halogenated alkanes) is 2. The van der Waals surface area contributed by atoms with Crippen molar-refractivity contribution in [2.75, 3.05) is 5.75 Å². The number of hydrogen-bond donors (Lipinski definition) is 0. The van der Waals surface area contributed by atoms with E-state index >= 15 is 0 Å². The number of benzene rings is 2. The van der Waals surface area contributed by atoms with Crippen LogP contribution < -0.4 is 0 Å². The normalized spacial score (nSPS) is 11.0. The van der Waals surface area contributed by atoms with Crippen molar-refractivity contribution in [1.29, 1.82) is 0 Å². The van der Waals surface area contributed by atoms with E-state index in [4.69, 9.17) is 4.42 Å². The lowest BCUT2D eigenvalue weighted by molar-refractivity contribution is 0.489. The van der Waals surface area contributed by atoms with Gasteiger partial charge in [-0.05, 0) is 42.5 Å². The van der Waals surface area contributed by atoms with Crippen molar-refractivity contribution < 1.29 is 4.42 Å². The predicted molar refractivity (Wildman–Crippen MR) is 98.8 cm³/mol. The van der Waals surface area contributed by atoms with E-state index in [9.17, 15) is 0 Å². The average molecular weight is 323 g/mol. The van der Waals surface area contributed by atoms with Gasteiger partial charge in [0.2, 0.25) is 0 Å². The van der Waals surface area contributed by atoms with Crippen molar-refractivity contribution in [1.82, 2.24) is 4.98 Å². The average Bonchev–Trinajstić information content (AvgIpc) is 3.01. The number of rotatable bonds is 8. The number of hydrogen-bond acceptors (Lipinski definition) is 3. The van der Waals surface area contributed by atoms with Gasteiger partial charge in [-0.15, -0.1) is 0 Å². The van der Waals surface area contributed by atoms with Crippen LogP contribution in [0.3, 0.4) is 0 Å². The van der Waals surface area contributed by atoms with Crippen LogP contribution in [0.4, 0.5) is 0 Å². The first-order chi connectivity index (χ1) is 11.3. The fraction of sp³-hybridized carbons (Fsp3) is 0.250. The SMILES string of the molecule is C=Cc1cccc(CCCCCSc2nc3ccccc3o2)c1. The first kappa shape index (κ1) is 15.9. The van der Waals surface area contributed by atoms with E-state index in [0.29, 0.717) is 0 Å². The summed E-state index contributed by atoms with van der Waals surface area (Å²) in [6.07, 6.45) is 6.67. The summed E-state index contributed by atoms with van der Waals surface area (Å²) in [5, 5.41) is 0.782. The zero-order valence-electron chi connectivity index (χ0n) is 13.2. The van der Waals surface area contributed by atoms with Crippen molar-refractivity contribution in [3.63, 3.8) is 0 Å². The molecule has 0 atom stereocenters. The lowest BCUT2D eigenvalue weighted by atomic mass is 10.0. The van der Waals surface area contributed by atoms with Gasteiger partial charge in [0, 0.05) is 5.75 Å². The molecule has 0 amide bonds. The third-order valence-corrected chi connectivity index (χ3v) is 4.71. The fourth-order valence-corrected chi connectivity index (χ4v) is 3.39. The van der Waals surface area contributed by atoms with Gasteiger partial charge in [-0.3, -0.25) is 0 Å². The van der Waals surface area contributed by atoms with Crippen molar-refractivity contribution in [3.05, 3.63) is 66.2 Å². The molecular weight excluding hydrogens is 302 g/mol. The third-order valence-electron chi connectivity index (χ3n) is 3.80. The van der Waals surface area contributed by atoms with E-state index in [1.165, 1.54) is 30.4 Å². The second-order valence-corrected chi connectivity index (χ2v) is 6.60. The largest absolute Gasteiger partial charge is 0.431 e. The first-order valence-electron chi connectivity index (χ1n) is 8.05. The summed E-state index contributed by atoms with van der Waals surface area (Å²) in [5.74, 6) is 1.06. The summed E-state index contributed by atoms with van der Waals surface area (Å²) in [5.41, 5.74) is 4.41. The molecule has 2 aromatic carbocycles. The number of aromatic nitrogens is 1. The van der Waals surface area contributed by atoms with Gasteiger partial charge in [0.05, 0.1) is 0 Å². The second kappa shape index (κ2) is 8.02. The van der Waals surface area contributed by atoms with Crippen LogP contribution in [0.25, 0.3) is 17.2 Å². The number of nitrogens with zero attached hydrogens (tertiary/aromatic N) is 1. The molecule has 0 aliphatic heterocycles. The molecule has 0 aliphatic carbocycles. The summed E-state index contributed by atoms with van der Waals surface area (Å²) >= 11 is 1.71. The van der Waals surface area contributed by atoms with Crippen LogP contribution >= 0.6 is 11.8 Å². The van der Waals surface area contributed by atoms with E-state index in [-0.39, 0.29) is 0 Å². The topological polar surface area (TPSA) is 26.0 Å². The van der Waals surface area contributed by atoms with Crippen LogP contribution in [0.1, 0.15) is 30.4 Å². The Morgan fingerprint density at radius 2 is 1.96 bits per heavy atom. The molecule has 3 heteroatoms. The second-order valence-electron chi connectivity index (χ2n) is 5.56. The molecule has 3 rings (SSSR count). The maximum atomic E-state index is 5.71. The lowest BCUT2D eigenvalue weighted by Crippen LogP contribution is -1.88. The Labute approximate surface area is 141 Å². The van der Waals surface area contributed by atoms with Crippen LogP contribution in [0.5, 0.6) is 0 Å². The van der Waals surface area contributed by atoms with Crippen LogP contribution in [0, 0.1) is 0 Å². The highest BCUT2D eigenvalue weighted by molar-refractivity contribution is 7.99. The molecule has 1 heterocycles. The summed E-state index contributed by atoms with van der Waals surface area (Å²) in [6.45, 7) is 3.82. The van der Waals surface area contributed by atoms with Gasteiger partial charge in [0.15, 0.2) is 5.58 Å². The Bertz CT molecular complexity index is 745. The van der Waals surface area contributed by atoms with Gasteiger partial charge in [-0.2, -0.15) is 0 Å². The Morgan fingerprint density at radius 3 is 2.83 bits per heavy atom. The molecular formula is C20H21NOS. The van der Waals surface area contributed by atoms with Crippen molar-refractivity contribution in [2.24, 2.45) is 0 Å². The van der Waals surface area contributed by atoms with Crippen LogP contribution in [0.15, 0.2) is 64.7 Å². The molecule has 0 radical (unpaired) electrons.